The fourth-order valence-electron chi connectivity index (χ4n) is 4.63. The molecule has 0 N–H and O–H groups in total. The number of anilines is 1. The Morgan fingerprint density at radius 1 is 0.969 bits per heavy atom. The van der Waals surface area contributed by atoms with Crippen LogP contribution in [0.1, 0.15) is 35.3 Å². The summed E-state index contributed by atoms with van der Waals surface area (Å²) < 4.78 is 13.1. The molecule has 2 aliphatic rings. The molecule has 0 aromatic heterocycles. The Morgan fingerprint density at radius 3 is 2.34 bits per heavy atom. The van der Waals surface area contributed by atoms with Gasteiger partial charge in [-0.3, -0.25) is 9.59 Å². The van der Waals surface area contributed by atoms with Crippen LogP contribution in [0.25, 0.3) is 0 Å². The highest BCUT2D eigenvalue weighted by molar-refractivity contribution is 8.02. The molecule has 1 spiro atoms. The van der Waals surface area contributed by atoms with Gasteiger partial charge in [-0.25, -0.2) is 4.39 Å². The van der Waals surface area contributed by atoms with Gasteiger partial charge in [0.05, 0.1) is 12.2 Å². The van der Waals surface area contributed by atoms with Gasteiger partial charge in [0, 0.05) is 22.4 Å². The van der Waals surface area contributed by atoms with Gasteiger partial charge in [0.2, 0.25) is 0 Å². The molecule has 2 aliphatic heterocycles. The van der Waals surface area contributed by atoms with Crippen molar-refractivity contribution >= 4 is 29.3 Å². The topological polar surface area (TPSA) is 40.6 Å². The standard InChI is InChI=1S/C26H23FN2O2S/c1-25(2)17-29(23(30)19-12-14-20(27)15-13-19)26(32-25)21-10-6-7-11-22(21)28(24(26)31)16-18-8-4-3-5-9-18/h3-15H,16-17H2,1-2H3/t26-/m1/s1. The maximum absolute atomic E-state index is 14.1. The normalized spacial score (nSPS) is 21.3. The van der Waals surface area contributed by atoms with E-state index in [1.54, 1.807) is 9.80 Å². The third-order valence-electron chi connectivity index (χ3n) is 5.96. The first-order valence-corrected chi connectivity index (χ1v) is 11.4. The molecule has 0 bridgehead atoms. The van der Waals surface area contributed by atoms with E-state index in [1.165, 1.54) is 36.0 Å². The van der Waals surface area contributed by atoms with Gasteiger partial charge in [-0.05, 0) is 49.7 Å². The average Bonchev–Trinajstić information content (AvgIpc) is 3.21. The third kappa shape index (κ3) is 3.21. The van der Waals surface area contributed by atoms with Gasteiger partial charge in [0.1, 0.15) is 5.82 Å². The molecule has 0 saturated carbocycles. The average molecular weight is 447 g/mol. The highest BCUT2D eigenvalue weighted by Gasteiger charge is 2.63. The fraction of sp³-hybridized carbons (Fsp3) is 0.231. The second-order valence-corrected chi connectivity index (χ2v) is 10.7. The second kappa shape index (κ2) is 7.48. The lowest BCUT2D eigenvalue weighted by Crippen LogP contribution is -2.50. The number of hydrogen-bond donors (Lipinski definition) is 0. The van der Waals surface area contributed by atoms with Gasteiger partial charge < -0.3 is 9.80 Å². The van der Waals surface area contributed by atoms with E-state index in [9.17, 15) is 14.0 Å². The van der Waals surface area contributed by atoms with Crippen molar-refractivity contribution in [1.82, 2.24) is 4.90 Å². The van der Waals surface area contributed by atoms with Crippen LogP contribution < -0.4 is 4.90 Å². The predicted molar refractivity (Wildman–Crippen MR) is 125 cm³/mol. The van der Waals surface area contributed by atoms with Crippen molar-refractivity contribution in [3.8, 4) is 0 Å². The summed E-state index contributed by atoms with van der Waals surface area (Å²) in [6, 6.07) is 23.1. The number of rotatable bonds is 3. The first-order chi connectivity index (χ1) is 15.3. The van der Waals surface area contributed by atoms with Crippen molar-refractivity contribution in [1.29, 1.82) is 0 Å². The number of amides is 2. The number of hydrogen-bond acceptors (Lipinski definition) is 3. The zero-order valence-corrected chi connectivity index (χ0v) is 18.7. The molecule has 3 aromatic rings. The monoisotopic (exact) mass is 446 g/mol. The van der Waals surface area contributed by atoms with E-state index in [2.05, 4.69) is 0 Å². The van der Waals surface area contributed by atoms with Crippen molar-refractivity contribution < 1.29 is 14.0 Å². The molecule has 0 radical (unpaired) electrons. The van der Waals surface area contributed by atoms with Crippen LogP contribution in [-0.4, -0.2) is 28.0 Å². The van der Waals surface area contributed by atoms with E-state index in [-0.39, 0.29) is 16.6 Å². The van der Waals surface area contributed by atoms with Crippen LogP contribution in [0.15, 0.2) is 78.9 Å². The van der Waals surface area contributed by atoms with Gasteiger partial charge in [0.25, 0.3) is 11.8 Å². The van der Waals surface area contributed by atoms with Gasteiger partial charge in [-0.15, -0.1) is 11.8 Å². The first-order valence-electron chi connectivity index (χ1n) is 10.5. The van der Waals surface area contributed by atoms with Crippen LogP contribution in [0, 0.1) is 5.82 Å². The van der Waals surface area contributed by atoms with Crippen LogP contribution in [0.4, 0.5) is 10.1 Å². The van der Waals surface area contributed by atoms with Crippen molar-refractivity contribution in [2.24, 2.45) is 0 Å². The Labute approximate surface area is 191 Å². The van der Waals surface area contributed by atoms with E-state index < -0.39 is 10.7 Å². The number of carbonyl (C=O) groups is 2. The summed E-state index contributed by atoms with van der Waals surface area (Å²) in [5, 5.41) is 0. The lowest BCUT2D eigenvalue weighted by atomic mass is 10.0. The molecule has 0 aliphatic carbocycles. The number of thioether (sulfide) groups is 1. The Bertz CT molecular complexity index is 1200. The molecule has 162 valence electrons. The van der Waals surface area contributed by atoms with E-state index in [1.807, 2.05) is 68.4 Å². The van der Waals surface area contributed by atoms with Crippen molar-refractivity contribution in [2.75, 3.05) is 11.4 Å². The van der Waals surface area contributed by atoms with Crippen LogP contribution in [0.5, 0.6) is 0 Å². The molecule has 1 saturated heterocycles. The molecule has 2 heterocycles. The Balaban J connectivity index is 1.62. The highest BCUT2D eigenvalue weighted by Crippen LogP contribution is 2.60. The van der Waals surface area contributed by atoms with Crippen LogP contribution in [0.2, 0.25) is 0 Å². The van der Waals surface area contributed by atoms with E-state index in [0.29, 0.717) is 18.7 Å². The summed E-state index contributed by atoms with van der Waals surface area (Å²) in [6.45, 7) is 4.94. The Morgan fingerprint density at radius 2 is 1.62 bits per heavy atom. The van der Waals surface area contributed by atoms with Crippen LogP contribution >= 0.6 is 11.8 Å². The van der Waals surface area contributed by atoms with Crippen LogP contribution in [-0.2, 0) is 16.2 Å². The second-order valence-electron chi connectivity index (χ2n) is 8.80. The van der Waals surface area contributed by atoms with Crippen molar-refractivity contribution in [3.05, 3.63) is 101 Å². The molecular weight excluding hydrogens is 423 g/mol. The summed E-state index contributed by atoms with van der Waals surface area (Å²) in [4.78, 5) is 30.1. The highest BCUT2D eigenvalue weighted by atomic mass is 32.2. The number of carbonyl (C=O) groups excluding carboxylic acids is 2. The SMILES string of the molecule is CC1(C)CN(C(=O)c2ccc(F)cc2)[C@]2(S1)C(=O)N(Cc1ccccc1)c1ccccc12. The molecule has 5 rings (SSSR count). The number of benzene rings is 3. The summed E-state index contributed by atoms with van der Waals surface area (Å²) in [5.74, 6) is -0.787. The zero-order chi connectivity index (χ0) is 22.5. The summed E-state index contributed by atoms with van der Waals surface area (Å²) in [6.07, 6.45) is 0. The Kier molecular flexibility index (Phi) is 4.86. The maximum atomic E-state index is 14.1. The van der Waals surface area contributed by atoms with E-state index >= 15 is 0 Å². The van der Waals surface area contributed by atoms with Gasteiger partial charge in [-0.1, -0.05) is 48.5 Å². The van der Waals surface area contributed by atoms with Crippen molar-refractivity contribution in [3.63, 3.8) is 0 Å². The predicted octanol–water partition coefficient (Wildman–Crippen LogP) is 5.19. The number of fused-ring (bicyclic) bond motifs is 2. The van der Waals surface area contributed by atoms with Crippen molar-refractivity contribution in [2.45, 2.75) is 30.0 Å². The lowest BCUT2D eigenvalue weighted by Gasteiger charge is -2.33. The minimum Gasteiger partial charge on any atom is -0.310 e. The molecule has 1 fully saturated rings. The Hall–Kier alpha value is -3.12. The van der Waals surface area contributed by atoms with E-state index in [4.69, 9.17) is 0 Å². The zero-order valence-electron chi connectivity index (χ0n) is 17.9. The third-order valence-corrected chi connectivity index (χ3v) is 7.55. The molecule has 0 unspecified atom stereocenters. The number of halogens is 1. The molecule has 3 aromatic carbocycles. The molecule has 32 heavy (non-hydrogen) atoms. The van der Waals surface area contributed by atoms with Gasteiger partial charge >= 0.3 is 0 Å². The first kappa shape index (κ1) is 20.8. The van der Waals surface area contributed by atoms with E-state index in [0.717, 1.165) is 16.8 Å². The number of nitrogens with zero attached hydrogens (tertiary/aromatic N) is 2. The smallest absolute Gasteiger partial charge is 0.268 e. The fourth-order valence-corrected chi connectivity index (χ4v) is 6.36. The summed E-state index contributed by atoms with van der Waals surface area (Å²) in [7, 11) is 0. The maximum Gasteiger partial charge on any atom is 0.268 e. The summed E-state index contributed by atoms with van der Waals surface area (Å²) in [5.41, 5.74) is 3.04. The molecule has 2 amide bonds. The molecular formula is C26H23FN2O2S. The molecule has 1 atom stereocenters. The quantitative estimate of drug-likeness (QED) is 0.556. The van der Waals surface area contributed by atoms with Crippen LogP contribution in [0.3, 0.4) is 0 Å². The minimum atomic E-state index is -1.15. The van der Waals surface area contributed by atoms with Gasteiger partial charge in [-0.2, -0.15) is 0 Å². The lowest BCUT2D eigenvalue weighted by molar-refractivity contribution is -0.123. The van der Waals surface area contributed by atoms with Gasteiger partial charge in [0.15, 0.2) is 4.87 Å². The molecule has 4 nitrogen and oxygen atoms in total. The summed E-state index contributed by atoms with van der Waals surface area (Å²) >= 11 is 1.52. The minimum absolute atomic E-state index is 0.117. The molecule has 6 heteroatoms. The largest absolute Gasteiger partial charge is 0.310 e. The number of para-hydroxylation sites is 1.